The summed E-state index contributed by atoms with van der Waals surface area (Å²) in [5.41, 5.74) is 9.00. The van der Waals surface area contributed by atoms with Gasteiger partial charge in [-0.2, -0.15) is 0 Å². The summed E-state index contributed by atoms with van der Waals surface area (Å²) >= 11 is 6.22. The van der Waals surface area contributed by atoms with Crippen molar-refractivity contribution < 1.29 is 19.1 Å². The average Bonchev–Trinajstić information content (AvgIpc) is 2.82. The molecule has 1 aromatic carbocycles. The van der Waals surface area contributed by atoms with Crippen LogP contribution in [-0.2, 0) is 4.79 Å². The molecule has 1 aromatic rings. The highest BCUT2D eigenvalue weighted by Gasteiger charge is 2.32. The van der Waals surface area contributed by atoms with E-state index in [0.717, 1.165) is 6.07 Å². The van der Waals surface area contributed by atoms with Gasteiger partial charge in [0.15, 0.2) is 0 Å². The molecule has 3 atom stereocenters. The van der Waals surface area contributed by atoms with Gasteiger partial charge in [0, 0.05) is 25.7 Å². The molecule has 0 aromatic heterocycles. The highest BCUT2D eigenvalue weighted by molar-refractivity contribution is 6.21. The van der Waals surface area contributed by atoms with E-state index in [1.165, 1.54) is 12.1 Å². The fourth-order valence-electron chi connectivity index (χ4n) is 2.42. The van der Waals surface area contributed by atoms with Crippen LogP contribution in [0, 0.1) is 5.82 Å². The molecule has 0 saturated carbocycles. The van der Waals surface area contributed by atoms with Gasteiger partial charge in [0.25, 0.3) is 5.91 Å². The molecule has 7 nitrogen and oxygen atoms in total. The number of carbonyl (C=O) groups is 2. The number of aliphatic carboxylic acids is 1. The standard InChI is InChI=1S/C14H18ClFN4O3/c1-20-12(10(15)5-19-20)7-2-8(4-9(16)3-7)13(21)18-6-11(17)14(22)23/h2-4,10-12,19H,5-6,17H2,1H3,(H,18,21)(H,22,23)/t10?,11-,12?/m1/s1. The molecule has 0 spiro atoms. The quantitative estimate of drug-likeness (QED) is 0.563. The van der Waals surface area contributed by atoms with Crippen molar-refractivity contribution >= 4 is 23.5 Å². The number of carboxylic acid groups (broad SMARTS) is 1. The lowest BCUT2D eigenvalue weighted by atomic mass is 10.0. The number of rotatable bonds is 5. The van der Waals surface area contributed by atoms with Gasteiger partial charge in [0.05, 0.1) is 11.4 Å². The molecule has 2 rings (SSSR count). The van der Waals surface area contributed by atoms with Crippen LogP contribution in [-0.4, -0.2) is 53.5 Å². The van der Waals surface area contributed by atoms with Gasteiger partial charge in [-0.05, 0) is 23.8 Å². The fourth-order valence-corrected chi connectivity index (χ4v) is 2.81. The monoisotopic (exact) mass is 344 g/mol. The lowest BCUT2D eigenvalue weighted by Gasteiger charge is -2.22. The topological polar surface area (TPSA) is 108 Å². The Bertz CT molecular complexity index is 606. The van der Waals surface area contributed by atoms with E-state index in [1.54, 1.807) is 12.1 Å². The summed E-state index contributed by atoms with van der Waals surface area (Å²) in [6.45, 7) is 0.289. The van der Waals surface area contributed by atoms with Gasteiger partial charge in [0.1, 0.15) is 11.9 Å². The van der Waals surface area contributed by atoms with Crippen molar-refractivity contribution in [3.63, 3.8) is 0 Å². The van der Waals surface area contributed by atoms with Crippen LogP contribution in [0.1, 0.15) is 22.0 Å². The number of hydrogen-bond acceptors (Lipinski definition) is 5. The second-order valence-electron chi connectivity index (χ2n) is 5.36. The number of hydrogen-bond donors (Lipinski definition) is 4. The average molecular weight is 345 g/mol. The molecular weight excluding hydrogens is 327 g/mol. The molecule has 5 N–H and O–H groups in total. The number of nitrogens with zero attached hydrogens (tertiary/aromatic N) is 1. The third-order valence-electron chi connectivity index (χ3n) is 3.62. The molecule has 1 aliphatic rings. The predicted molar refractivity (Wildman–Crippen MR) is 82.5 cm³/mol. The third-order valence-corrected chi connectivity index (χ3v) is 4.01. The van der Waals surface area contributed by atoms with Crippen LogP contribution >= 0.6 is 11.6 Å². The van der Waals surface area contributed by atoms with Crippen LogP contribution in [0.25, 0.3) is 0 Å². The molecule has 9 heteroatoms. The Morgan fingerprint density at radius 2 is 2.26 bits per heavy atom. The molecule has 126 valence electrons. The summed E-state index contributed by atoms with van der Waals surface area (Å²) in [6, 6.07) is 2.44. The molecule has 1 heterocycles. The minimum atomic E-state index is -1.23. The number of alkyl halides is 1. The first-order valence-corrected chi connectivity index (χ1v) is 7.40. The molecule has 2 unspecified atom stereocenters. The van der Waals surface area contributed by atoms with Crippen molar-refractivity contribution in [1.82, 2.24) is 15.8 Å². The van der Waals surface area contributed by atoms with Gasteiger partial charge in [-0.1, -0.05) is 0 Å². The Balaban J connectivity index is 2.17. The minimum absolute atomic E-state index is 0.0850. The number of carboxylic acids is 1. The second kappa shape index (κ2) is 7.22. The highest BCUT2D eigenvalue weighted by Crippen LogP contribution is 2.30. The van der Waals surface area contributed by atoms with E-state index >= 15 is 0 Å². The number of carbonyl (C=O) groups excluding carboxylic acids is 1. The zero-order valence-corrected chi connectivity index (χ0v) is 13.2. The Hall–Kier alpha value is -1.74. The first kappa shape index (κ1) is 17.6. The van der Waals surface area contributed by atoms with Gasteiger partial charge in [0.2, 0.25) is 0 Å². The molecule has 1 fully saturated rings. The number of amides is 1. The van der Waals surface area contributed by atoms with E-state index in [2.05, 4.69) is 10.7 Å². The van der Waals surface area contributed by atoms with Gasteiger partial charge >= 0.3 is 5.97 Å². The maximum atomic E-state index is 13.8. The summed E-state index contributed by atoms with van der Waals surface area (Å²) in [6.07, 6.45) is 0. The maximum absolute atomic E-state index is 13.8. The Labute approximate surface area is 137 Å². The number of hydrazine groups is 1. The van der Waals surface area contributed by atoms with Crippen molar-refractivity contribution in [2.75, 3.05) is 20.1 Å². The summed E-state index contributed by atoms with van der Waals surface area (Å²) in [4.78, 5) is 22.7. The summed E-state index contributed by atoms with van der Waals surface area (Å²) < 4.78 is 13.8. The summed E-state index contributed by atoms with van der Waals surface area (Å²) in [5.74, 6) is -2.39. The van der Waals surface area contributed by atoms with E-state index < -0.39 is 23.7 Å². The van der Waals surface area contributed by atoms with Gasteiger partial charge < -0.3 is 16.2 Å². The van der Waals surface area contributed by atoms with Crippen molar-refractivity contribution in [2.24, 2.45) is 5.73 Å². The second-order valence-corrected chi connectivity index (χ2v) is 5.92. The van der Waals surface area contributed by atoms with Crippen LogP contribution < -0.4 is 16.5 Å². The van der Waals surface area contributed by atoms with Gasteiger partial charge in [-0.25, -0.2) is 9.40 Å². The minimum Gasteiger partial charge on any atom is -0.480 e. The van der Waals surface area contributed by atoms with Crippen LogP contribution in [0.5, 0.6) is 0 Å². The highest BCUT2D eigenvalue weighted by atomic mass is 35.5. The first-order valence-electron chi connectivity index (χ1n) is 6.97. The van der Waals surface area contributed by atoms with E-state index in [1.807, 2.05) is 0 Å². The van der Waals surface area contributed by atoms with Crippen molar-refractivity contribution in [2.45, 2.75) is 17.5 Å². The zero-order chi connectivity index (χ0) is 17.1. The lowest BCUT2D eigenvalue weighted by molar-refractivity contribution is -0.138. The van der Waals surface area contributed by atoms with Crippen LogP contribution in [0.3, 0.4) is 0 Å². The Kier molecular flexibility index (Phi) is 5.53. The number of nitrogens with one attached hydrogen (secondary N) is 2. The molecule has 1 aliphatic heterocycles. The van der Waals surface area contributed by atoms with Crippen molar-refractivity contribution in [3.8, 4) is 0 Å². The number of halogens is 2. The summed E-state index contributed by atoms with van der Waals surface area (Å²) in [7, 11) is 1.78. The molecule has 0 aliphatic carbocycles. The molecule has 1 amide bonds. The van der Waals surface area contributed by atoms with Crippen LogP contribution in [0.15, 0.2) is 18.2 Å². The van der Waals surface area contributed by atoms with Gasteiger partial charge in [-0.15, -0.1) is 11.6 Å². The van der Waals surface area contributed by atoms with E-state index in [9.17, 15) is 14.0 Å². The normalized spacial score (nSPS) is 22.8. The van der Waals surface area contributed by atoms with Crippen LogP contribution in [0.4, 0.5) is 4.39 Å². The van der Waals surface area contributed by atoms with E-state index in [-0.39, 0.29) is 23.5 Å². The molecule has 1 saturated heterocycles. The maximum Gasteiger partial charge on any atom is 0.322 e. The molecule has 0 radical (unpaired) electrons. The Morgan fingerprint density at radius 1 is 1.57 bits per heavy atom. The lowest BCUT2D eigenvalue weighted by Crippen LogP contribution is -2.42. The van der Waals surface area contributed by atoms with Crippen molar-refractivity contribution in [3.05, 3.63) is 35.1 Å². The van der Waals surface area contributed by atoms with Crippen molar-refractivity contribution in [1.29, 1.82) is 0 Å². The molecular formula is C14H18ClFN4O3. The fraction of sp³-hybridized carbons (Fsp3) is 0.429. The summed E-state index contributed by atoms with van der Waals surface area (Å²) in [5, 5.41) is 12.6. The van der Waals surface area contributed by atoms with E-state index in [4.69, 9.17) is 22.4 Å². The largest absolute Gasteiger partial charge is 0.480 e. The number of nitrogens with two attached hydrogens (primary N) is 1. The van der Waals surface area contributed by atoms with Crippen LogP contribution in [0.2, 0.25) is 0 Å². The SMILES string of the molecule is CN1NCC(Cl)C1c1cc(F)cc(C(=O)NC[C@@H](N)C(=O)O)c1. The first-order chi connectivity index (χ1) is 10.8. The molecule has 23 heavy (non-hydrogen) atoms. The zero-order valence-electron chi connectivity index (χ0n) is 12.4. The number of benzene rings is 1. The third kappa shape index (κ3) is 4.17. The molecule has 0 bridgehead atoms. The predicted octanol–water partition coefficient (Wildman–Crippen LogP) is 0.0659. The Morgan fingerprint density at radius 3 is 2.83 bits per heavy atom. The van der Waals surface area contributed by atoms with Gasteiger partial charge in [-0.3, -0.25) is 15.0 Å². The van der Waals surface area contributed by atoms with E-state index in [0.29, 0.717) is 12.1 Å². The smallest absolute Gasteiger partial charge is 0.322 e.